The maximum atomic E-state index is 12.5. The van der Waals surface area contributed by atoms with E-state index in [1.807, 2.05) is 22.6 Å². The van der Waals surface area contributed by atoms with Crippen molar-refractivity contribution >= 4 is 11.8 Å². The third-order valence-electron chi connectivity index (χ3n) is 5.50. The van der Waals surface area contributed by atoms with Crippen LogP contribution in [-0.4, -0.2) is 44.9 Å². The molecule has 26 heavy (non-hydrogen) atoms. The van der Waals surface area contributed by atoms with Crippen molar-refractivity contribution in [1.29, 1.82) is 0 Å². The van der Waals surface area contributed by atoms with Crippen LogP contribution < -0.4 is 5.32 Å². The number of hydrogen-bond donors (Lipinski definition) is 1. The van der Waals surface area contributed by atoms with E-state index in [0.29, 0.717) is 25.9 Å². The van der Waals surface area contributed by atoms with E-state index in [4.69, 9.17) is 0 Å². The standard InChI is InChI=1S/C20H24N4O2/c1-14-21-7-9-23(14)8-6-19(25)22-17-12-20(26)24(13-17)18-10-15-4-2-3-5-16(15)11-18/h2-5,7,9,17-18H,6,8,10-13H2,1H3,(H,22,25)/t17-/m1/s1. The molecule has 1 aromatic heterocycles. The van der Waals surface area contributed by atoms with Crippen LogP contribution in [0.25, 0.3) is 0 Å². The van der Waals surface area contributed by atoms with Crippen LogP contribution in [-0.2, 0) is 29.0 Å². The summed E-state index contributed by atoms with van der Waals surface area (Å²) < 4.78 is 1.96. The normalized spacial score (nSPS) is 19.8. The van der Waals surface area contributed by atoms with E-state index in [-0.39, 0.29) is 23.9 Å². The van der Waals surface area contributed by atoms with Gasteiger partial charge in [0.05, 0.1) is 6.04 Å². The first-order valence-electron chi connectivity index (χ1n) is 9.23. The SMILES string of the molecule is Cc1nccn1CCC(=O)N[C@@H]1CC(=O)N(C2Cc3ccccc3C2)C1. The number of carbonyl (C=O) groups excluding carboxylic acids is 2. The second-order valence-electron chi connectivity index (χ2n) is 7.26. The van der Waals surface area contributed by atoms with E-state index in [9.17, 15) is 9.59 Å². The highest BCUT2D eigenvalue weighted by Gasteiger charge is 2.37. The maximum Gasteiger partial charge on any atom is 0.225 e. The summed E-state index contributed by atoms with van der Waals surface area (Å²) in [6.45, 7) is 3.15. The zero-order chi connectivity index (χ0) is 18.1. The molecule has 2 amide bonds. The molecule has 1 N–H and O–H groups in total. The molecule has 1 saturated heterocycles. The molecule has 4 rings (SSSR count). The molecule has 1 aliphatic heterocycles. The number of hydrogen-bond acceptors (Lipinski definition) is 3. The molecule has 0 bridgehead atoms. The number of benzene rings is 1. The monoisotopic (exact) mass is 352 g/mol. The third-order valence-corrected chi connectivity index (χ3v) is 5.50. The van der Waals surface area contributed by atoms with E-state index in [1.54, 1.807) is 6.20 Å². The quantitative estimate of drug-likeness (QED) is 0.886. The number of nitrogens with zero attached hydrogens (tertiary/aromatic N) is 3. The zero-order valence-electron chi connectivity index (χ0n) is 15.0. The van der Waals surface area contributed by atoms with Gasteiger partial charge >= 0.3 is 0 Å². The predicted molar refractivity (Wildman–Crippen MR) is 97.5 cm³/mol. The maximum absolute atomic E-state index is 12.5. The van der Waals surface area contributed by atoms with Crippen LogP contribution in [0.4, 0.5) is 0 Å². The number of rotatable bonds is 5. The van der Waals surface area contributed by atoms with E-state index in [0.717, 1.165) is 18.7 Å². The predicted octanol–water partition coefficient (Wildman–Crippen LogP) is 1.47. The first-order chi connectivity index (χ1) is 12.6. The number of aryl methyl sites for hydroxylation is 2. The van der Waals surface area contributed by atoms with Gasteiger partial charge < -0.3 is 14.8 Å². The van der Waals surface area contributed by atoms with Crippen molar-refractivity contribution in [2.45, 2.75) is 51.2 Å². The van der Waals surface area contributed by atoms with E-state index in [2.05, 4.69) is 34.6 Å². The molecule has 0 spiro atoms. The molecular formula is C20H24N4O2. The Morgan fingerprint density at radius 2 is 1.96 bits per heavy atom. The minimum Gasteiger partial charge on any atom is -0.351 e. The number of nitrogens with one attached hydrogen (secondary N) is 1. The number of imidazole rings is 1. The number of likely N-dealkylation sites (tertiary alicyclic amines) is 1. The Morgan fingerprint density at radius 1 is 1.23 bits per heavy atom. The highest BCUT2D eigenvalue weighted by Crippen LogP contribution is 2.28. The molecule has 2 aromatic rings. The first-order valence-corrected chi connectivity index (χ1v) is 9.23. The van der Waals surface area contributed by atoms with Crippen LogP contribution in [0.2, 0.25) is 0 Å². The number of fused-ring (bicyclic) bond motifs is 1. The number of aromatic nitrogens is 2. The Bertz CT molecular complexity index is 804. The molecular weight excluding hydrogens is 328 g/mol. The minimum absolute atomic E-state index is 0.00698. The summed E-state index contributed by atoms with van der Waals surface area (Å²) in [5.41, 5.74) is 2.68. The van der Waals surface area contributed by atoms with Gasteiger partial charge in [-0.05, 0) is 30.9 Å². The smallest absolute Gasteiger partial charge is 0.225 e. The van der Waals surface area contributed by atoms with Crippen molar-refractivity contribution in [2.75, 3.05) is 6.54 Å². The summed E-state index contributed by atoms with van der Waals surface area (Å²) in [6, 6.07) is 8.55. The van der Waals surface area contributed by atoms with Crippen molar-refractivity contribution in [3.05, 3.63) is 53.6 Å². The lowest BCUT2D eigenvalue weighted by Crippen LogP contribution is -2.41. The van der Waals surface area contributed by atoms with Gasteiger partial charge in [-0.1, -0.05) is 24.3 Å². The van der Waals surface area contributed by atoms with Crippen molar-refractivity contribution in [1.82, 2.24) is 19.8 Å². The molecule has 0 radical (unpaired) electrons. The van der Waals surface area contributed by atoms with Gasteiger partial charge in [0, 0.05) is 44.4 Å². The second kappa shape index (κ2) is 6.94. The van der Waals surface area contributed by atoms with Gasteiger partial charge in [0.25, 0.3) is 0 Å². The fourth-order valence-electron chi connectivity index (χ4n) is 4.10. The summed E-state index contributed by atoms with van der Waals surface area (Å²) in [6.07, 6.45) is 6.26. The molecule has 0 unspecified atom stereocenters. The lowest BCUT2D eigenvalue weighted by Gasteiger charge is -2.24. The Kier molecular flexibility index (Phi) is 4.49. The molecule has 6 heteroatoms. The highest BCUT2D eigenvalue weighted by molar-refractivity contribution is 5.82. The average molecular weight is 352 g/mol. The Labute approximate surface area is 153 Å². The number of amides is 2. The lowest BCUT2D eigenvalue weighted by molar-refractivity contribution is -0.129. The fraction of sp³-hybridized carbons (Fsp3) is 0.450. The highest BCUT2D eigenvalue weighted by atomic mass is 16.2. The average Bonchev–Trinajstić information content (AvgIpc) is 3.31. The molecule has 1 aromatic carbocycles. The largest absolute Gasteiger partial charge is 0.351 e. The van der Waals surface area contributed by atoms with Gasteiger partial charge in [0.2, 0.25) is 11.8 Å². The minimum atomic E-state index is -0.0809. The van der Waals surface area contributed by atoms with E-state index >= 15 is 0 Å². The van der Waals surface area contributed by atoms with Crippen LogP contribution in [0, 0.1) is 6.92 Å². The Hall–Kier alpha value is -2.63. The second-order valence-corrected chi connectivity index (χ2v) is 7.26. The summed E-state index contributed by atoms with van der Waals surface area (Å²) in [4.78, 5) is 30.8. The summed E-state index contributed by atoms with van der Waals surface area (Å²) in [7, 11) is 0. The van der Waals surface area contributed by atoms with Crippen LogP contribution in [0.3, 0.4) is 0 Å². The van der Waals surface area contributed by atoms with E-state index < -0.39 is 0 Å². The van der Waals surface area contributed by atoms with Crippen LogP contribution in [0.1, 0.15) is 29.8 Å². The van der Waals surface area contributed by atoms with Gasteiger partial charge in [0.15, 0.2) is 0 Å². The fourth-order valence-corrected chi connectivity index (χ4v) is 4.10. The van der Waals surface area contributed by atoms with Crippen molar-refractivity contribution < 1.29 is 9.59 Å². The number of carbonyl (C=O) groups is 2. The Morgan fingerprint density at radius 3 is 2.62 bits per heavy atom. The van der Waals surface area contributed by atoms with Gasteiger partial charge in [0.1, 0.15) is 5.82 Å². The summed E-state index contributed by atoms with van der Waals surface area (Å²) in [5, 5.41) is 3.03. The van der Waals surface area contributed by atoms with Crippen LogP contribution in [0.5, 0.6) is 0 Å². The molecule has 2 heterocycles. The zero-order valence-corrected chi connectivity index (χ0v) is 15.0. The van der Waals surface area contributed by atoms with Crippen LogP contribution in [0.15, 0.2) is 36.7 Å². The first kappa shape index (κ1) is 16.8. The van der Waals surface area contributed by atoms with Crippen molar-refractivity contribution in [3.8, 4) is 0 Å². The molecule has 6 nitrogen and oxygen atoms in total. The molecule has 2 aliphatic rings. The third kappa shape index (κ3) is 3.36. The lowest BCUT2D eigenvalue weighted by atomic mass is 10.1. The topological polar surface area (TPSA) is 67.2 Å². The van der Waals surface area contributed by atoms with Gasteiger partial charge in [-0.2, -0.15) is 0 Å². The summed E-state index contributed by atoms with van der Waals surface area (Å²) in [5.74, 6) is 1.05. The molecule has 1 atom stereocenters. The van der Waals surface area contributed by atoms with Gasteiger partial charge in [-0.15, -0.1) is 0 Å². The van der Waals surface area contributed by atoms with Gasteiger partial charge in [-0.3, -0.25) is 9.59 Å². The molecule has 136 valence electrons. The van der Waals surface area contributed by atoms with E-state index in [1.165, 1.54) is 11.1 Å². The van der Waals surface area contributed by atoms with Crippen molar-refractivity contribution in [2.24, 2.45) is 0 Å². The van der Waals surface area contributed by atoms with Crippen LogP contribution >= 0.6 is 0 Å². The van der Waals surface area contributed by atoms with Crippen molar-refractivity contribution in [3.63, 3.8) is 0 Å². The molecule has 0 saturated carbocycles. The molecule has 1 fully saturated rings. The Balaban J connectivity index is 1.29. The summed E-state index contributed by atoms with van der Waals surface area (Å²) >= 11 is 0. The van der Waals surface area contributed by atoms with Gasteiger partial charge in [-0.25, -0.2) is 4.98 Å². The molecule has 1 aliphatic carbocycles.